The number of carbonyl (C=O) groups excluding carboxylic acids is 4. The summed E-state index contributed by atoms with van der Waals surface area (Å²) in [6, 6.07) is 11.3. The van der Waals surface area contributed by atoms with Crippen LogP contribution in [0.3, 0.4) is 0 Å². The molecule has 0 saturated carbocycles. The summed E-state index contributed by atoms with van der Waals surface area (Å²) in [6.45, 7) is 8.55. The van der Waals surface area contributed by atoms with Crippen molar-refractivity contribution in [2.45, 2.75) is 58.7 Å². The van der Waals surface area contributed by atoms with Gasteiger partial charge in [-0.15, -0.1) is 6.42 Å². The number of nitrogens with two attached hydrogens (primary N) is 1. The van der Waals surface area contributed by atoms with Crippen LogP contribution in [0.25, 0.3) is 0 Å². The number of ether oxygens (including phenoxy) is 1. The smallest absolute Gasteiger partial charge is 0.408 e. The van der Waals surface area contributed by atoms with Gasteiger partial charge < -0.3 is 21.1 Å². The summed E-state index contributed by atoms with van der Waals surface area (Å²) < 4.78 is 5.22. The molecule has 2 aromatic rings. The number of anilines is 1. The van der Waals surface area contributed by atoms with Crippen LogP contribution in [-0.2, 0) is 19.1 Å². The van der Waals surface area contributed by atoms with Crippen LogP contribution in [0.15, 0.2) is 42.5 Å². The van der Waals surface area contributed by atoms with Crippen LogP contribution in [0.2, 0.25) is 0 Å². The average Bonchev–Trinajstić information content (AvgIpc) is 2.82. The highest BCUT2D eigenvalue weighted by Crippen LogP contribution is 2.28. The van der Waals surface area contributed by atoms with E-state index < -0.39 is 47.9 Å². The van der Waals surface area contributed by atoms with E-state index in [-0.39, 0.29) is 5.56 Å². The maximum atomic E-state index is 13.8. The first-order chi connectivity index (χ1) is 17.8. The largest absolute Gasteiger partial charge is 0.444 e. The number of rotatable bonds is 8. The van der Waals surface area contributed by atoms with Gasteiger partial charge in [0.2, 0.25) is 5.91 Å². The number of benzene rings is 2. The summed E-state index contributed by atoms with van der Waals surface area (Å²) in [4.78, 5) is 52.5. The SMILES string of the molecule is C#Cc1ccccc1C(C(=O)Nc1c(C)cccc1C)N(C#C)C(=O)C(CC(N)=O)NC(=O)OC(C)(C)C. The Morgan fingerprint density at radius 2 is 1.63 bits per heavy atom. The quantitative estimate of drug-likeness (QED) is 0.367. The molecule has 9 heteroatoms. The fourth-order valence-electron chi connectivity index (χ4n) is 3.75. The Morgan fingerprint density at radius 3 is 2.16 bits per heavy atom. The second-order valence-electron chi connectivity index (χ2n) is 9.60. The first-order valence-corrected chi connectivity index (χ1v) is 11.8. The van der Waals surface area contributed by atoms with Gasteiger partial charge in [-0.05, 0) is 51.8 Å². The maximum Gasteiger partial charge on any atom is 0.408 e. The molecule has 9 nitrogen and oxygen atoms in total. The molecule has 0 aliphatic rings. The third-order valence-corrected chi connectivity index (χ3v) is 5.42. The van der Waals surface area contributed by atoms with E-state index in [2.05, 4.69) is 22.6 Å². The Hall–Kier alpha value is -4.76. The van der Waals surface area contributed by atoms with Crippen LogP contribution in [0.4, 0.5) is 10.5 Å². The van der Waals surface area contributed by atoms with Gasteiger partial charge in [0.25, 0.3) is 11.8 Å². The van der Waals surface area contributed by atoms with Gasteiger partial charge in [-0.25, -0.2) is 4.79 Å². The zero-order valence-corrected chi connectivity index (χ0v) is 22.1. The van der Waals surface area contributed by atoms with E-state index in [1.54, 1.807) is 45.0 Å². The molecule has 0 radical (unpaired) electrons. The minimum absolute atomic E-state index is 0.278. The molecule has 38 heavy (non-hydrogen) atoms. The lowest BCUT2D eigenvalue weighted by molar-refractivity contribution is -0.138. The van der Waals surface area contributed by atoms with Crippen molar-refractivity contribution >= 4 is 29.5 Å². The zero-order chi connectivity index (χ0) is 28.6. The van der Waals surface area contributed by atoms with Crippen LogP contribution in [0.1, 0.15) is 55.5 Å². The Bertz CT molecular complexity index is 1290. The number of nitrogens with zero attached hydrogens (tertiary/aromatic N) is 1. The molecular weight excluding hydrogens is 484 g/mol. The molecule has 0 aromatic heterocycles. The lowest BCUT2D eigenvalue weighted by atomic mass is 9.97. The van der Waals surface area contributed by atoms with Crippen molar-refractivity contribution in [3.05, 3.63) is 64.7 Å². The number of alkyl carbamates (subject to hydrolysis) is 1. The van der Waals surface area contributed by atoms with Gasteiger partial charge in [-0.1, -0.05) is 48.7 Å². The molecule has 0 fully saturated rings. The number of amides is 4. The van der Waals surface area contributed by atoms with Crippen molar-refractivity contribution in [2.75, 3.05) is 5.32 Å². The molecule has 4 N–H and O–H groups in total. The van der Waals surface area contributed by atoms with Gasteiger partial charge in [0.05, 0.1) is 6.42 Å². The molecule has 2 rings (SSSR count). The monoisotopic (exact) mass is 516 g/mol. The van der Waals surface area contributed by atoms with Crippen molar-refractivity contribution in [3.8, 4) is 24.8 Å². The van der Waals surface area contributed by atoms with E-state index in [9.17, 15) is 19.2 Å². The average molecular weight is 517 g/mol. The van der Waals surface area contributed by atoms with E-state index in [0.717, 1.165) is 16.0 Å². The Labute approximate surface area is 223 Å². The number of nitrogens with one attached hydrogen (secondary N) is 2. The Kier molecular flexibility index (Phi) is 9.67. The summed E-state index contributed by atoms with van der Waals surface area (Å²) in [5, 5.41) is 5.19. The molecule has 0 spiro atoms. The second kappa shape index (κ2) is 12.5. The third kappa shape index (κ3) is 7.62. The molecule has 0 aliphatic heterocycles. The van der Waals surface area contributed by atoms with Crippen LogP contribution in [0.5, 0.6) is 0 Å². The first-order valence-electron chi connectivity index (χ1n) is 11.8. The van der Waals surface area contributed by atoms with Crippen molar-refractivity contribution in [1.82, 2.24) is 10.2 Å². The molecule has 0 heterocycles. The maximum absolute atomic E-state index is 13.8. The predicted octanol–water partition coefficient (Wildman–Crippen LogP) is 3.15. The van der Waals surface area contributed by atoms with Crippen molar-refractivity contribution in [2.24, 2.45) is 5.73 Å². The normalized spacial score (nSPS) is 12.2. The number of aryl methyl sites for hydroxylation is 2. The molecule has 2 atom stereocenters. The predicted molar refractivity (Wildman–Crippen MR) is 144 cm³/mol. The number of para-hydroxylation sites is 1. The summed E-state index contributed by atoms with van der Waals surface area (Å²) in [6.07, 6.45) is 9.90. The lowest BCUT2D eigenvalue weighted by Gasteiger charge is -2.31. The van der Waals surface area contributed by atoms with Gasteiger partial charge in [0, 0.05) is 22.9 Å². The van der Waals surface area contributed by atoms with Gasteiger partial charge in [0.1, 0.15) is 11.6 Å². The highest BCUT2D eigenvalue weighted by atomic mass is 16.6. The van der Waals surface area contributed by atoms with Crippen molar-refractivity contribution in [1.29, 1.82) is 0 Å². The van der Waals surface area contributed by atoms with E-state index in [1.165, 1.54) is 0 Å². The summed E-state index contributed by atoms with van der Waals surface area (Å²) in [7, 11) is 0. The minimum atomic E-state index is -1.51. The fourth-order valence-corrected chi connectivity index (χ4v) is 3.75. The van der Waals surface area contributed by atoms with Gasteiger partial charge in [0.15, 0.2) is 6.04 Å². The number of primary amides is 1. The first kappa shape index (κ1) is 29.5. The number of terminal acetylenes is 2. The van der Waals surface area contributed by atoms with Gasteiger partial charge in [-0.3, -0.25) is 19.3 Å². The van der Waals surface area contributed by atoms with E-state index in [1.807, 2.05) is 32.0 Å². The third-order valence-electron chi connectivity index (χ3n) is 5.42. The topological polar surface area (TPSA) is 131 Å². The van der Waals surface area contributed by atoms with Crippen LogP contribution >= 0.6 is 0 Å². The number of hydrogen-bond acceptors (Lipinski definition) is 5. The summed E-state index contributed by atoms with van der Waals surface area (Å²) in [5.74, 6) is 0.0545. The van der Waals surface area contributed by atoms with Gasteiger partial charge in [-0.2, -0.15) is 0 Å². The molecule has 2 unspecified atom stereocenters. The number of carbonyl (C=O) groups is 4. The zero-order valence-electron chi connectivity index (χ0n) is 22.1. The molecule has 198 valence electrons. The van der Waals surface area contributed by atoms with Crippen LogP contribution < -0.4 is 16.4 Å². The molecule has 0 bridgehead atoms. The number of hydrogen-bond donors (Lipinski definition) is 3. The van der Waals surface area contributed by atoms with E-state index in [4.69, 9.17) is 23.3 Å². The van der Waals surface area contributed by atoms with Crippen LogP contribution in [0, 0.1) is 38.7 Å². The summed E-state index contributed by atoms with van der Waals surface area (Å²) >= 11 is 0. The highest BCUT2D eigenvalue weighted by molar-refractivity contribution is 6.01. The lowest BCUT2D eigenvalue weighted by Crippen LogP contribution is -2.52. The molecule has 2 aromatic carbocycles. The summed E-state index contributed by atoms with van der Waals surface area (Å²) in [5.41, 5.74) is 7.20. The van der Waals surface area contributed by atoms with Gasteiger partial charge >= 0.3 is 6.09 Å². The fraction of sp³-hybridized carbons (Fsp3) is 0.310. The highest BCUT2D eigenvalue weighted by Gasteiger charge is 2.37. The van der Waals surface area contributed by atoms with Crippen molar-refractivity contribution < 1.29 is 23.9 Å². The van der Waals surface area contributed by atoms with E-state index >= 15 is 0 Å². The molecular formula is C29H32N4O5. The van der Waals surface area contributed by atoms with E-state index in [0.29, 0.717) is 11.3 Å². The Balaban J connectivity index is 2.58. The standard InChI is InChI=1S/C29H32N4O5/c1-8-20-15-10-11-16-21(20)25(26(35)32-24-18(3)13-12-14-19(24)4)33(9-2)27(36)22(17-23(30)34)31-28(37)38-29(5,6)7/h1-2,10-16,22,25H,17H2,3-7H3,(H2,30,34)(H,31,37)(H,32,35). The minimum Gasteiger partial charge on any atom is -0.444 e. The van der Waals surface area contributed by atoms with Crippen LogP contribution in [-0.4, -0.2) is 40.4 Å². The molecule has 0 saturated heterocycles. The van der Waals surface area contributed by atoms with Crippen molar-refractivity contribution in [3.63, 3.8) is 0 Å². The molecule has 0 aliphatic carbocycles. The Morgan fingerprint density at radius 1 is 1.03 bits per heavy atom. The molecule has 4 amide bonds. The second-order valence-corrected chi connectivity index (χ2v) is 9.60.